The molecule has 1 saturated carbocycles. The van der Waals surface area contributed by atoms with Crippen molar-refractivity contribution in [2.24, 2.45) is 5.92 Å². The summed E-state index contributed by atoms with van der Waals surface area (Å²) >= 11 is 0. The van der Waals surface area contributed by atoms with Crippen LogP contribution in [-0.2, 0) is 16.9 Å². The van der Waals surface area contributed by atoms with E-state index in [9.17, 15) is 4.79 Å². The van der Waals surface area contributed by atoms with Crippen molar-refractivity contribution in [3.05, 3.63) is 35.0 Å². The summed E-state index contributed by atoms with van der Waals surface area (Å²) in [5.74, 6) is 1.88. The molecule has 0 aromatic carbocycles. The summed E-state index contributed by atoms with van der Waals surface area (Å²) in [6.45, 7) is 4.27. The van der Waals surface area contributed by atoms with Gasteiger partial charge in [-0.05, 0) is 25.7 Å². The third-order valence-electron chi connectivity index (χ3n) is 5.55. The van der Waals surface area contributed by atoms with Gasteiger partial charge in [0.05, 0.1) is 25.0 Å². The summed E-state index contributed by atoms with van der Waals surface area (Å²) in [6, 6.07) is 0. The molecule has 2 aromatic rings. The number of nitrogens with zero attached hydrogens (tertiary/aromatic N) is 4. The Bertz CT molecular complexity index is 862. The Labute approximate surface area is 150 Å². The van der Waals surface area contributed by atoms with Crippen LogP contribution < -0.4 is 5.32 Å². The average Bonchev–Trinajstić information content (AvgIpc) is 3.07. The molecule has 0 radical (unpaired) electrons. The fraction of sp³-hybridized carbons (Fsp3) is 0.556. The van der Waals surface area contributed by atoms with Gasteiger partial charge in [0.1, 0.15) is 16.9 Å². The van der Waals surface area contributed by atoms with E-state index < -0.39 is 5.60 Å². The molecule has 0 unspecified atom stereocenters. The maximum atomic E-state index is 12.8. The number of aromatic nitrogens is 3. The van der Waals surface area contributed by atoms with Gasteiger partial charge in [-0.25, -0.2) is 9.97 Å². The number of anilines is 1. The Balaban J connectivity index is 1.37. The van der Waals surface area contributed by atoms with E-state index in [1.165, 1.54) is 19.0 Å². The molecule has 2 aliphatic heterocycles. The maximum absolute atomic E-state index is 12.8. The van der Waals surface area contributed by atoms with Crippen LogP contribution >= 0.6 is 0 Å². The van der Waals surface area contributed by atoms with Crippen molar-refractivity contribution in [1.29, 1.82) is 0 Å². The molecule has 1 amide bonds. The lowest BCUT2D eigenvalue weighted by Crippen LogP contribution is -2.35. The molecule has 0 bridgehead atoms. The van der Waals surface area contributed by atoms with Crippen molar-refractivity contribution in [3.63, 3.8) is 0 Å². The summed E-state index contributed by atoms with van der Waals surface area (Å²) < 4.78 is 11.2. The zero-order valence-corrected chi connectivity index (χ0v) is 14.7. The molecule has 1 N–H and O–H groups in total. The van der Waals surface area contributed by atoms with Gasteiger partial charge >= 0.3 is 0 Å². The number of carbonyl (C=O) groups excluding carboxylic acids is 1. The Morgan fingerprint density at radius 1 is 1.42 bits per heavy atom. The first-order valence-electron chi connectivity index (χ1n) is 9.09. The third-order valence-corrected chi connectivity index (χ3v) is 5.55. The second kappa shape index (κ2) is 5.77. The predicted molar refractivity (Wildman–Crippen MR) is 91.5 cm³/mol. The van der Waals surface area contributed by atoms with Crippen molar-refractivity contribution in [2.75, 3.05) is 25.0 Å². The first kappa shape index (κ1) is 15.7. The molecule has 5 rings (SSSR count). The standard InChI is InChI=1S/C18H21N5O3/c1-11-14(8-21-26-11)16(24)23-5-4-18(10-23)15-13(9-25-18)7-20-17(22-15)19-6-12-2-3-12/h7-8,12H,2-6,9-10H2,1H3,(H,19,20,22)/t18-/m1/s1. The summed E-state index contributed by atoms with van der Waals surface area (Å²) in [6.07, 6.45) is 6.62. The lowest BCUT2D eigenvalue weighted by molar-refractivity contribution is -0.0304. The van der Waals surface area contributed by atoms with Crippen LogP contribution in [0.1, 0.15) is 46.6 Å². The van der Waals surface area contributed by atoms with Crippen LogP contribution in [0.15, 0.2) is 16.9 Å². The van der Waals surface area contributed by atoms with Crippen molar-refractivity contribution >= 4 is 11.9 Å². The van der Waals surface area contributed by atoms with Gasteiger partial charge in [0.2, 0.25) is 5.95 Å². The van der Waals surface area contributed by atoms with E-state index in [4.69, 9.17) is 14.2 Å². The van der Waals surface area contributed by atoms with E-state index in [1.807, 2.05) is 6.20 Å². The summed E-state index contributed by atoms with van der Waals surface area (Å²) in [5.41, 5.74) is 1.91. The van der Waals surface area contributed by atoms with Gasteiger partial charge in [0, 0.05) is 31.3 Å². The monoisotopic (exact) mass is 355 g/mol. The molecular weight excluding hydrogens is 334 g/mol. The van der Waals surface area contributed by atoms with Crippen LogP contribution in [0.5, 0.6) is 0 Å². The number of fused-ring (bicyclic) bond motifs is 2. The minimum atomic E-state index is -0.533. The molecule has 8 nitrogen and oxygen atoms in total. The van der Waals surface area contributed by atoms with E-state index in [0.29, 0.717) is 37.0 Å². The Kier molecular flexibility index (Phi) is 3.49. The average molecular weight is 355 g/mol. The number of hydrogen-bond acceptors (Lipinski definition) is 7. The minimum absolute atomic E-state index is 0.0705. The highest BCUT2D eigenvalue weighted by Crippen LogP contribution is 2.43. The molecule has 1 atom stereocenters. The van der Waals surface area contributed by atoms with Crippen LogP contribution in [0.2, 0.25) is 0 Å². The molecular formula is C18H21N5O3. The molecule has 2 aromatic heterocycles. The number of aryl methyl sites for hydroxylation is 1. The number of ether oxygens (including phenoxy) is 1. The number of hydrogen-bond donors (Lipinski definition) is 1. The van der Waals surface area contributed by atoms with Crippen molar-refractivity contribution in [2.45, 2.75) is 38.4 Å². The first-order valence-corrected chi connectivity index (χ1v) is 9.09. The molecule has 1 spiro atoms. The van der Waals surface area contributed by atoms with Crippen LogP contribution in [-0.4, -0.2) is 45.6 Å². The molecule has 1 aliphatic carbocycles. The lowest BCUT2D eigenvalue weighted by atomic mass is 9.98. The van der Waals surface area contributed by atoms with Crippen molar-refractivity contribution < 1.29 is 14.1 Å². The Morgan fingerprint density at radius 2 is 2.31 bits per heavy atom. The largest absolute Gasteiger partial charge is 0.362 e. The Hall–Kier alpha value is -2.48. The van der Waals surface area contributed by atoms with Crippen LogP contribution in [0.3, 0.4) is 0 Å². The van der Waals surface area contributed by atoms with Crippen molar-refractivity contribution in [3.8, 4) is 0 Å². The predicted octanol–water partition coefficient (Wildman–Crippen LogP) is 1.87. The van der Waals surface area contributed by atoms with Gasteiger partial charge in [-0.3, -0.25) is 4.79 Å². The van der Waals surface area contributed by atoms with E-state index in [2.05, 4.69) is 15.5 Å². The number of nitrogens with one attached hydrogen (secondary N) is 1. The van der Waals surface area contributed by atoms with E-state index >= 15 is 0 Å². The second-order valence-electron chi connectivity index (χ2n) is 7.45. The number of carbonyl (C=O) groups is 1. The quantitative estimate of drug-likeness (QED) is 0.895. The van der Waals surface area contributed by atoms with Gasteiger partial charge in [0.15, 0.2) is 0 Å². The van der Waals surface area contributed by atoms with Gasteiger partial charge < -0.3 is 19.5 Å². The number of likely N-dealkylation sites (tertiary alicyclic amines) is 1. The van der Waals surface area contributed by atoms with Crippen molar-refractivity contribution in [1.82, 2.24) is 20.0 Å². The van der Waals surface area contributed by atoms with Gasteiger partial charge in [-0.2, -0.15) is 0 Å². The lowest BCUT2D eigenvalue weighted by Gasteiger charge is -2.24. The normalized spacial score (nSPS) is 24.3. The highest BCUT2D eigenvalue weighted by Gasteiger charge is 2.49. The van der Waals surface area contributed by atoms with Gasteiger partial charge in [-0.15, -0.1) is 0 Å². The molecule has 1 saturated heterocycles. The molecule has 8 heteroatoms. The summed E-state index contributed by atoms with van der Waals surface area (Å²) in [5, 5.41) is 7.04. The highest BCUT2D eigenvalue weighted by molar-refractivity contribution is 5.95. The number of rotatable bonds is 4. The van der Waals surface area contributed by atoms with E-state index in [1.54, 1.807) is 11.8 Å². The number of amides is 1. The first-order chi connectivity index (χ1) is 12.6. The SMILES string of the molecule is Cc1oncc1C(=O)N1CC[C@]2(C1)OCc1cnc(NCC3CC3)nc12. The highest BCUT2D eigenvalue weighted by atomic mass is 16.5. The summed E-state index contributed by atoms with van der Waals surface area (Å²) in [7, 11) is 0. The summed E-state index contributed by atoms with van der Waals surface area (Å²) in [4.78, 5) is 23.7. The van der Waals surface area contributed by atoms with E-state index in [0.717, 1.165) is 30.1 Å². The zero-order chi connectivity index (χ0) is 17.7. The Morgan fingerprint density at radius 3 is 3.08 bits per heavy atom. The second-order valence-corrected chi connectivity index (χ2v) is 7.45. The fourth-order valence-corrected chi connectivity index (χ4v) is 3.77. The molecule has 4 heterocycles. The minimum Gasteiger partial charge on any atom is -0.362 e. The molecule has 26 heavy (non-hydrogen) atoms. The smallest absolute Gasteiger partial charge is 0.259 e. The molecule has 136 valence electrons. The zero-order valence-electron chi connectivity index (χ0n) is 14.7. The third kappa shape index (κ3) is 2.56. The van der Waals surface area contributed by atoms with Crippen LogP contribution in [0.25, 0.3) is 0 Å². The van der Waals surface area contributed by atoms with Crippen LogP contribution in [0, 0.1) is 12.8 Å². The van der Waals surface area contributed by atoms with Gasteiger partial charge in [-0.1, -0.05) is 5.16 Å². The molecule has 3 aliphatic rings. The maximum Gasteiger partial charge on any atom is 0.259 e. The topological polar surface area (TPSA) is 93.4 Å². The van der Waals surface area contributed by atoms with Gasteiger partial charge in [0.25, 0.3) is 5.91 Å². The fourth-order valence-electron chi connectivity index (χ4n) is 3.77. The molecule has 2 fully saturated rings. The van der Waals surface area contributed by atoms with Crippen LogP contribution in [0.4, 0.5) is 5.95 Å². The van der Waals surface area contributed by atoms with E-state index in [-0.39, 0.29) is 5.91 Å².